The van der Waals surface area contributed by atoms with Crippen LogP contribution in [0.15, 0.2) is 29.2 Å². The van der Waals surface area contributed by atoms with Gasteiger partial charge in [0.2, 0.25) is 0 Å². The predicted octanol–water partition coefficient (Wildman–Crippen LogP) is 3.55. The molecule has 0 radical (unpaired) electrons. The Balaban J connectivity index is 1.43. The van der Waals surface area contributed by atoms with E-state index in [1.165, 1.54) is 68.1 Å². The fourth-order valence-corrected chi connectivity index (χ4v) is 3.99. The maximum absolute atomic E-state index is 3.65. The van der Waals surface area contributed by atoms with Crippen LogP contribution in [0.4, 0.5) is 0 Å². The third kappa shape index (κ3) is 5.32. The third-order valence-corrected chi connectivity index (χ3v) is 5.54. The smallest absolute Gasteiger partial charge is 0.0195 e. The highest BCUT2D eigenvalue weighted by atomic mass is 32.2. The van der Waals surface area contributed by atoms with Gasteiger partial charge in [0, 0.05) is 36.3 Å². The van der Waals surface area contributed by atoms with Crippen LogP contribution in [0.25, 0.3) is 0 Å². The van der Waals surface area contributed by atoms with E-state index in [0.29, 0.717) is 0 Å². The number of nitrogens with one attached hydrogen (secondary N) is 1. The zero-order chi connectivity index (χ0) is 14.5. The summed E-state index contributed by atoms with van der Waals surface area (Å²) in [5.41, 5.74) is 1.35. The molecule has 1 saturated heterocycles. The molecule has 2 nitrogen and oxygen atoms in total. The standard InChI is InChI=1S/C18H28N2S/c1-15-4-8-18(9-5-15)21-12-11-20(13-16-6-7-16)14-17-3-2-10-19-17/h4-5,8-9,16-17,19H,2-3,6-7,10-14H2,1H3. The maximum atomic E-state index is 3.65. The highest BCUT2D eigenvalue weighted by Crippen LogP contribution is 2.30. The molecule has 0 aromatic heterocycles. The fraction of sp³-hybridized carbons (Fsp3) is 0.667. The average Bonchev–Trinajstić information content (AvgIpc) is 3.14. The predicted molar refractivity (Wildman–Crippen MR) is 92.1 cm³/mol. The Morgan fingerprint density at radius 1 is 1.14 bits per heavy atom. The summed E-state index contributed by atoms with van der Waals surface area (Å²) >= 11 is 2.00. The first-order chi connectivity index (χ1) is 10.3. The molecule has 0 bridgehead atoms. The van der Waals surface area contributed by atoms with Crippen LogP contribution < -0.4 is 5.32 Å². The van der Waals surface area contributed by atoms with Crippen molar-refractivity contribution < 1.29 is 0 Å². The summed E-state index contributed by atoms with van der Waals surface area (Å²) in [5, 5.41) is 3.65. The summed E-state index contributed by atoms with van der Waals surface area (Å²) in [4.78, 5) is 4.12. The zero-order valence-electron chi connectivity index (χ0n) is 13.2. The summed E-state index contributed by atoms with van der Waals surface area (Å²) in [5.74, 6) is 2.21. The van der Waals surface area contributed by atoms with Crippen LogP contribution in [0.1, 0.15) is 31.2 Å². The second-order valence-corrected chi connectivity index (χ2v) is 7.83. The molecule has 1 N–H and O–H groups in total. The minimum atomic E-state index is 0.744. The second-order valence-electron chi connectivity index (χ2n) is 6.66. The summed E-state index contributed by atoms with van der Waals surface area (Å²) < 4.78 is 0. The van der Waals surface area contributed by atoms with E-state index in [0.717, 1.165) is 12.0 Å². The van der Waals surface area contributed by atoms with E-state index in [1.807, 2.05) is 11.8 Å². The molecule has 1 aromatic rings. The molecule has 1 aliphatic heterocycles. The van der Waals surface area contributed by atoms with Gasteiger partial charge in [-0.15, -0.1) is 11.8 Å². The first-order valence-electron chi connectivity index (χ1n) is 8.45. The number of thioether (sulfide) groups is 1. The molecule has 3 heteroatoms. The molecule has 21 heavy (non-hydrogen) atoms. The van der Waals surface area contributed by atoms with E-state index in [1.54, 1.807) is 0 Å². The largest absolute Gasteiger partial charge is 0.313 e. The van der Waals surface area contributed by atoms with Gasteiger partial charge in [-0.05, 0) is 57.2 Å². The molecule has 3 rings (SSSR count). The molecular weight excluding hydrogens is 276 g/mol. The van der Waals surface area contributed by atoms with Gasteiger partial charge in [-0.1, -0.05) is 17.7 Å². The van der Waals surface area contributed by atoms with Crippen LogP contribution in [0.5, 0.6) is 0 Å². The van der Waals surface area contributed by atoms with Crippen molar-refractivity contribution in [3.8, 4) is 0 Å². The van der Waals surface area contributed by atoms with E-state index in [2.05, 4.69) is 41.4 Å². The Kier molecular flexibility index (Phi) is 5.61. The molecule has 2 fully saturated rings. The second kappa shape index (κ2) is 7.66. The molecule has 1 aromatic carbocycles. The molecule has 2 aliphatic rings. The fourth-order valence-electron chi connectivity index (χ4n) is 3.07. The first kappa shape index (κ1) is 15.4. The lowest BCUT2D eigenvalue weighted by Crippen LogP contribution is -2.39. The third-order valence-electron chi connectivity index (χ3n) is 4.55. The molecule has 0 amide bonds. The van der Waals surface area contributed by atoms with Crippen molar-refractivity contribution in [3.05, 3.63) is 29.8 Å². The van der Waals surface area contributed by atoms with Gasteiger partial charge < -0.3 is 10.2 Å². The number of hydrogen-bond acceptors (Lipinski definition) is 3. The van der Waals surface area contributed by atoms with Crippen molar-refractivity contribution >= 4 is 11.8 Å². The lowest BCUT2D eigenvalue weighted by molar-refractivity contribution is 0.253. The Morgan fingerprint density at radius 3 is 2.62 bits per heavy atom. The van der Waals surface area contributed by atoms with E-state index in [-0.39, 0.29) is 0 Å². The molecule has 1 atom stereocenters. The summed E-state index contributed by atoms with van der Waals surface area (Å²) in [7, 11) is 0. The molecular formula is C18H28N2S. The lowest BCUT2D eigenvalue weighted by Gasteiger charge is -2.25. The maximum Gasteiger partial charge on any atom is 0.0195 e. The topological polar surface area (TPSA) is 15.3 Å². The normalized spacial score (nSPS) is 22.1. The first-order valence-corrected chi connectivity index (χ1v) is 9.43. The summed E-state index contributed by atoms with van der Waals surface area (Å²) in [6.45, 7) is 7.19. The van der Waals surface area contributed by atoms with Crippen molar-refractivity contribution in [2.24, 2.45) is 5.92 Å². The van der Waals surface area contributed by atoms with Crippen LogP contribution >= 0.6 is 11.8 Å². The quantitative estimate of drug-likeness (QED) is 0.739. The number of rotatable bonds is 8. The Labute approximate surface area is 133 Å². The van der Waals surface area contributed by atoms with Gasteiger partial charge in [0.25, 0.3) is 0 Å². The minimum Gasteiger partial charge on any atom is -0.313 e. The highest BCUT2D eigenvalue weighted by Gasteiger charge is 2.26. The van der Waals surface area contributed by atoms with Crippen LogP contribution in [0.3, 0.4) is 0 Å². The number of nitrogens with zero attached hydrogens (tertiary/aromatic N) is 1. The van der Waals surface area contributed by atoms with Crippen LogP contribution in [-0.4, -0.2) is 42.9 Å². The van der Waals surface area contributed by atoms with Gasteiger partial charge in [0.05, 0.1) is 0 Å². The van der Waals surface area contributed by atoms with Crippen molar-refractivity contribution in [1.29, 1.82) is 0 Å². The minimum absolute atomic E-state index is 0.744. The molecule has 0 spiro atoms. The van der Waals surface area contributed by atoms with Crippen LogP contribution in [-0.2, 0) is 0 Å². The Hall–Kier alpha value is -0.510. The number of benzene rings is 1. The SMILES string of the molecule is Cc1ccc(SCCN(CC2CC2)CC2CCCN2)cc1. The summed E-state index contributed by atoms with van der Waals surface area (Å²) in [6.07, 6.45) is 5.64. The van der Waals surface area contributed by atoms with Crippen molar-refractivity contribution in [2.45, 2.75) is 43.5 Å². The average molecular weight is 305 g/mol. The molecule has 116 valence electrons. The van der Waals surface area contributed by atoms with E-state index < -0.39 is 0 Å². The van der Waals surface area contributed by atoms with E-state index in [4.69, 9.17) is 0 Å². The Bertz CT molecular complexity index is 421. The summed E-state index contributed by atoms with van der Waals surface area (Å²) in [6, 6.07) is 9.68. The van der Waals surface area contributed by atoms with E-state index in [9.17, 15) is 0 Å². The monoisotopic (exact) mass is 304 g/mol. The van der Waals surface area contributed by atoms with Crippen molar-refractivity contribution in [2.75, 3.05) is 31.9 Å². The van der Waals surface area contributed by atoms with Gasteiger partial charge in [-0.3, -0.25) is 0 Å². The molecule has 1 unspecified atom stereocenters. The Morgan fingerprint density at radius 2 is 1.95 bits per heavy atom. The van der Waals surface area contributed by atoms with Gasteiger partial charge >= 0.3 is 0 Å². The van der Waals surface area contributed by atoms with Crippen molar-refractivity contribution in [3.63, 3.8) is 0 Å². The van der Waals surface area contributed by atoms with E-state index >= 15 is 0 Å². The van der Waals surface area contributed by atoms with Gasteiger partial charge in [0.15, 0.2) is 0 Å². The van der Waals surface area contributed by atoms with Gasteiger partial charge in [-0.25, -0.2) is 0 Å². The van der Waals surface area contributed by atoms with Crippen molar-refractivity contribution in [1.82, 2.24) is 10.2 Å². The van der Waals surface area contributed by atoms with Crippen LogP contribution in [0.2, 0.25) is 0 Å². The zero-order valence-corrected chi connectivity index (χ0v) is 14.0. The highest BCUT2D eigenvalue weighted by molar-refractivity contribution is 7.99. The molecule has 1 aliphatic carbocycles. The van der Waals surface area contributed by atoms with Gasteiger partial charge in [0.1, 0.15) is 0 Å². The van der Waals surface area contributed by atoms with Gasteiger partial charge in [-0.2, -0.15) is 0 Å². The number of hydrogen-bond donors (Lipinski definition) is 1. The number of aryl methyl sites for hydroxylation is 1. The molecule has 1 heterocycles. The molecule has 1 saturated carbocycles. The van der Waals surface area contributed by atoms with Crippen LogP contribution in [0, 0.1) is 12.8 Å². The lowest BCUT2D eigenvalue weighted by atomic mass is 10.2.